The summed E-state index contributed by atoms with van der Waals surface area (Å²) in [5.74, 6) is 0. The molecule has 0 saturated carbocycles. The second-order valence-corrected chi connectivity index (χ2v) is 4.05. The quantitative estimate of drug-likeness (QED) is 0.836. The lowest BCUT2D eigenvalue weighted by molar-refractivity contribution is 0.280. The van der Waals surface area contributed by atoms with Gasteiger partial charge in [0, 0.05) is 11.3 Å². The minimum atomic E-state index is 0.0452. The minimum absolute atomic E-state index is 0.0452. The van der Waals surface area contributed by atoms with Gasteiger partial charge in [-0.2, -0.15) is 5.10 Å². The molecule has 16 heavy (non-hydrogen) atoms. The van der Waals surface area contributed by atoms with Crippen LogP contribution in [0.15, 0.2) is 24.3 Å². The first-order chi connectivity index (χ1) is 7.63. The van der Waals surface area contributed by atoms with Crippen LogP contribution in [0.3, 0.4) is 0 Å². The lowest BCUT2D eigenvalue weighted by Crippen LogP contribution is -1.99. The number of rotatable bonds is 2. The van der Waals surface area contributed by atoms with Gasteiger partial charge in [-0.05, 0) is 32.9 Å². The van der Waals surface area contributed by atoms with E-state index in [4.69, 9.17) is 0 Å². The fourth-order valence-corrected chi connectivity index (χ4v) is 1.84. The summed E-state index contributed by atoms with van der Waals surface area (Å²) < 4.78 is 1.88. The molecule has 2 aromatic rings. The number of nitrogens with zero attached hydrogens (tertiary/aromatic N) is 2. The molecule has 0 fully saturated rings. The SMILES string of the molecule is Cc1ccc(-n2nc(C)c(CO)c2C)cc1. The van der Waals surface area contributed by atoms with E-state index in [0.717, 1.165) is 22.6 Å². The van der Waals surface area contributed by atoms with Gasteiger partial charge in [-0.15, -0.1) is 0 Å². The zero-order chi connectivity index (χ0) is 11.7. The summed E-state index contributed by atoms with van der Waals surface area (Å²) in [5, 5.41) is 13.7. The molecule has 1 heterocycles. The van der Waals surface area contributed by atoms with E-state index in [-0.39, 0.29) is 6.61 Å². The number of aryl methyl sites for hydroxylation is 2. The van der Waals surface area contributed by atoms with Gasteiger partial charge >= 0.3 is 0 Å². The monoisotopic (exact) mass is 216 g/mol. The molecule has 0 aliphatic rings. The molecule has 1 aromatic heterocycles. The first kappa shape index (κ1) is 10.9. The Morgan fingerprint density at radius 3 is 2.25 bits per heavy atom. The normalized spacial score (nSPS) is 10.8. The van der Waals surface area contributed by atoms with Gasteiger partial charge in [0.1, 0.15) is 0 Å². The summed E-state index contributed by atoms with van der Waals surface area (Å²) in [4.78, 5) is 0. The molecular weight excluding hydrogens is 200 g/mol. The number of aromatic nitrogens is 2. The molecule has 0 bridgehead atoms. The van der Waals surface area contributed by atoms with Gasteiger partial charge in [0.15, 0.2) is 0 Å². The Morgan fingerprint density at radius 2 is 1.75 bits per heavy atom. The predicted octanol–water partition coefficient (Wildman–Crippen LogP) is 2.29. The van der Waals surface area contributed by atoms with Crippen molar-refractivity contribution in [1.82, 2.24) is 9.78 Å². The molecular formula is C13H16N2O. The highest BCUT2D eigenvalue weighted by atomic mass is 16.3. The van der Waals surface area contributed by atoms with Gasteiger partial charge in [0.2, 0.25) is 0 Å². The fourth-order valence-electron chi connectivity index (χ4n) is 1.84. The van der Waals surface area contributed by atoms with Crippen LogP contribution in [0.4, 0.5) is 0 Å². The third-order valence-electron chi connectivity index (χ3n) is 2.88. The molecule has 0 amide bonds. The van der Waals surface area contributed by atoms with Crippen LogP contribution < -0.4 is 0 Å². The average Bonchev–Trinajstić information content (AvgIpc) is 2.55. The molecule has 3 nitrogen and oxygen atoms in total. The number of hydrogen-bond acceptors (Lipinski definition) is 2. The molecule has 0 spiro atoms. The van der Waals surface area contributed by atoms with Gasteiger partial charge in [0.05, 0.1) is 18.0 Å². The van der Waals surface area contributed by atoms with Crippen molar-refractivity contribution < 1.29 is 5.11 Å². The van der Waals surface area contributed by atoms with E-state index < -0.39 is 0 Å². The van der Waals surface area contributed by atoms with Crippen molar-refractivity contribution in [3.8, 4) is 5.69 Å². The van der Waals surface area contributed by atoms with E-state index in [2.05, 4.69) is 24.2 Å². The van der Waals surface area contributed by atoms with Crippen molar-refractivity contribution in [3.63, 3.8) is 0 Å². The van der Waals surface area contributed by atoms with Crippen LogP contribution in [0.5, 0.6) is 0 Å². The molecule has 2 rings (SSSR count). The maximum Gasteiger partial charge on any atom is 0.0718 e. The van der Waals surface area contributed by atoms with Crippen LogP contribution in [-0.2, 0) is 6.61 Å². The molecule has 84 valence electrons. The Morgan fingerprint density at radius 1 is 1.12 bits per heavy atom. The third-order valence-corrected chi connectivity index (χ3v) is 2.88. The highest BCUT2D eigenvalue weighted by molar-refractivity contribution is 5.38. The minimum Gasteiger partial charge on any atom is -0.392 e. The molecule has 1 aromatic carbocycles. The van der Waals surface area contributed by atoms with Crippen molar-refractivity contribution in [3.05, 3.63) is 46.8 Å². The van der Waals surface area contributed by atoms with E-state index in [1.54, 1.807) is 0 Å². The van der Waals surface area contributed by atoms with Gasteiger partial charge in [0.25, 0.3) is 0 Å². The highest BCUT2D eigenvalue weighted by Gasteiger charge is 2.11. The smallest absolute Gasteiger partial charge is 0.0718 e. The first-order valence-electron chi connectivity index (χ1n) is 5.36. The predicted molar refractivity (Wildman–Crippen MR) is 63.7 cm³/mol. The number of benzene rings is 1. The molecule has 0 radical (unpaired) electrons. The summed E-state index contributed by atoms with van der Waals surface area (Å²) in [5.41, 5.74) is 5.07. The van der Waals surface area contributed by atoms with E-state index >= 15 is 0 Å². The maximum atomic E-state index is 9.25. The zero-order valence-corrected chi connectivity index (χ0v) is 9.86. The van der Waals surface area contributed by atoms with Gasteiger partial charge in [-0.1, -0.05) is 17.7 Å². The first-order valence-corrected chi connectivity index (χ1v) is 5.36. The topological polar surface area (TPSA) is 38.0 Å². The standard InChI is InChI=1S/C13H16N2O/c1-9-4-6-12(7-5-9)15-11(3)13(8-16)10(2)14-15/h4-7,16H,8H2,1-3H3. The molecule has 1 N–H and O–H groups in total. The lowest BCUT2D eigenvalue weighted by Gasteiger charge is -2.05. The largest absolute Gasteiger partial charge is 0.392 e. The van der Waals surface area contributed by atoms with Crippen molar-refractivity contribution in [2.24, 2.45) is 0 Å². The Labute approximate surface area is 95.3 Å². The summed E-state index contributed by atoms with van der Waals surface area (Å²) in [6.07, 6.45) is 0. The molecule has 0 unspecified atom stereocenters. The van der Waals surface area contributed by atoms with Gasteiger partial charge in [-0.25, -0.2) is 4.68 Å². The average molecular weight is 216 g/mol. The van der Waals surface area contributed by atoms with Crippen molar-refractivity contribution >= 4 is 0 Å². The van der Waals surface area contributed by atoms with E-state index in [1.165, 1.54) is 5.56 Å². The van der Waals surface area contributed by atoms with Crippen LogP contribution >= 0.6 is 0 Å². The van der Waals surface area contributed by atoms with Gasteiger partial charge < -0.3 is 5.11 Å². The zero-order valence-electron chi connectivity index (χ0n) is 9.86. The van der Waals surface area contributed by atoms with Crippen LogP contribution in [0.25, 0.3) is 5.69 Å². The summed E-state index contributed by atoms with van der Waals surface area (Å²) in [6.45, 7) is 6.00. The number of aliphatic hydroxyl groups is 1. The van der Waals surface area contributed by atoms with Crippen molar-refractivity contribution in [2.75, 3.05) is 0 Å². The van der Waals surface area contributed by atoms with E-state index in [0.29, 0.717) is 0 Å². The maximum absolute atomic E-state index is 9.25. The van der Waals surface area contributed by atoms with Crippen LogP contribution in [0.2, 0.25) is 0 Å². The van der Waals surface area contributed by atoms with Crippen molar-refractivity contribution in [1.29, 1.82) is 0 Å². The van der Waals surface area contributed by atoms with E-state index in [1.807, 2.05) is 30.7 Å². The molecule has 0 aliphatic carbocycles. The molecule has 0 saturated heterocycles. The van der Waals surface area contributed by atoms with Crippen LogP contribution in [-0.4, -0.2) is 14.9 Å². The van der Waals surface area contributed by atoms with Gasteiger partial charge in [-0.3, -0.25) is 0 Å². The highest BCUT2D eigenvalue weighted by Crippen LogP contribution is 2.17. The van der Waals surface area contributed by atoms with E-state index in [9.17, 15) is 5.11 Å². The Kier molecular flexibility index (Phi) is 2.79. The molecule has 0 atom stereocenters. The lowest BCUT2D eigenvalue weighted by atomic mass is 10.2. The Hall–Kier alpha value is -1.61. The molecule has 0 aliphatic heterocycles. The molecule has 3 heteroatoms. The van der Waals surface area contributed by atoms with Crippen molar-refractivity contribution in [2.45, 2.75) is 27.4 Å². The summed E-state index contributed by atoms with van der Waals surface area (Å²) in [6, 6.07) is 8.20. The van der Waals surface area contributed by atoms with Crippen LogP contribution in [0.1, 0.15) is 22.5 Å². The fraction of sp³-hybridized carbons (Fsp3) is 0.308. The third kappa shape index (κ3) is 1.74. The Balaban J connectivity index is 2.52. The number of aliphatic hydroxyl groups excluding tert-OH is 1. The summed E-state index contributed by atoms with van der Waals surface area (Å²) >= 11 is 0. The summed E-state index contributed by atoms with van der Waals surface area (Å²) in [7, 11) is 0. The number of hydrogen-bond donors (Lipinski definition) is 1. The second-order valence-electron chi connectivity index (χ2n) is 4.05. The Bertz CT molecular complexity index is 497. The second kappa shape index (κ2) is 4.10. The van der Waals surface area contributed by atoms with Crippen LogP contribution in [0, 0.1) is 20.8 Å².